The van der Waals surface area contributed by atoms with Crippen molar-refractivity contribution in [2.45, 2.75) is 65.1 Å². The fourth-order valence-electron chi connectivity index (χ4n) is 4.77. The van der Waals surface area contributed by atoms with Crippen molar-refractivity contribution < 1.29 is 14.3 Å². The number of carbonyl (C=O) groups excluding carboxylic acids is 2. The minimum atomic E-state index is -0.608. The Morgan fingerprint density at radius 1 is 1.00 bits per heavy atom. The first-order chi connectivity index (χ1) is 16.0. The Labute approximate surface area is 213 Å². The maximum absolute atomic E-state index is 13.7. The van der Waals surface area contributed by atoms with Crippen LogP contribution in [0.25, 0.3) is 0 Å². The van der Waals surface area contributed by atoms with Gasteiger partial charge in [0.05, 0.1) is 10.0 Å². The normalized spacial score (nSPS) is 20.1. The number of halogens is 2. The lowest BCUT2D eigenvalue weighted by molar-refractivity contribution is -0.140. The molecule has 0 radical (unpaired) electrons. The van der Waals surface area contributed by atoms with E-state index in [1.807, 2.05) is 37.8 Å². The molecule has 2 fully saturated rings. The van der Waals surface area contributed by atoms with Crippen molar-refractivity contribution in [3.63, 3.8) is 0 Å². The van der Waals surface area contributed by atoms with Crippen LogP contribution in [0.2, 0.25) is 10.0 Å². The summed E-state index contributed by atoms with van der Waals surface area (Å²) in [5.41, 5.74) is 0.386. The highest BCUT2D eigenvalue weighted by Crippen LogP contribution is 2.28. The first-order valence-electron chi connectivity index (χ1n) is 12.3. The van der Waals surface area contributed by atoms with Crippen LogP contribution in [-0.4, -0.2) is 90.2 Å². The van der Waals surface area contributed by atoms with Crippen molar-refractivity contribution in [3.05, 3.63) is 28.2 Å². The molecule has 0 bridgehead atoms. The first kappa shape index (κ1) is 26.9. The second-order valence-corrected chi connectivity index (χ2v) is 10.9. The Bertz CT molecular complexity index is 864. The number of anilines is 1. The second kappa shape index (κ2) is 11.4. The average Bonchev–Trinajstić information content (AvgIpc) is 2.80. The number of nitrogens with zero attached hydrogens (tertiary/aromatic N) is 4. The Hall–Kier alpha value is -1.70. The van der Waals surface area contributed by atoms with E-state index in [9.17, 15) is 9.59 Å². The number of hydrogen-bond acceptors (Lipinski definition) is 5. The molecule has 0 aliphatic carbocycles. The Kier molecular flexibility index (Phi) is 8.98. The van der Waals surface area contributed by atoms with Crippen LogP contribution in [0, 0.1) is 0 Å². The largest absolute Gasteiger partial charge is 0.444 e. The minimum Gasteiger partial charge on any atom is -0.444 e. The number of carbonyl (C=O) groups is 2. The fourth-order valence-corrected chi connectivity index (χ4v) is 5.06. The number of benzene rings is 1. The van der Waals surface area contributed by atoms with Crippen molar-refractivity contribution in [2.24, 2.45) is 0 Å². The van der Waals surface area contributed by atoms with Gasteiger partial charge in [0.15, 0.2) is 0 Å². The van der Waals surface area contributed by atoms with Crippen molar-refractivity contribution >= 4 is 40.9 Å². The topological polar surface area (TPSA) is 56.3 Å². The molecule has 0 spiro atoms. The summed E-state index contributed by atoms with van der Waals surface area (Å²) in [6.45, 7) is 14.2. The predicted octanol–water partition coefficient (Wildman–Crippen LogP) is 4.75. The van der Waals surface area contributed by atoms with E-state index in [0.29, 0.717) is 55.4 Å². The minimum absolute atomic E-state index is 0.00435. The second-order valence-electron chi connectivity index (χ2n) is 10.1. The van der Waals surface area contributed by atoms with Gasteiger partial charge in [-0.15, -0.1) is 0 Å². The highest BCUT2D eigenvalue weighted by Gasteiger charge is 2.41. The predicted molar refractivity (Wildman–Crippen MR) is 138 cm³/mol. The van der Waals surface area contributed by atoms with Crippen LogP contribution in [0.5, 0.6) is 0 Å². The molecule has 2 aliphatic heterocycles. The SMILES string of the molecule is CCC(CC)N1CCN(C(=O)OC(C)(C)C)[C@@H](C(=O)N2CCN(c3ccc(Cl)c(Cl)c3)CC2)C1. The fraction of sp³-hybridized carbons (Fsp3) is 0.680. The zero-order valence-electron chi connectivity index (χ0n) is 21.0. The van der Waals surface area contributed by atoms with Gasteiger partial charge >= 0.3 is 6.09 Å². The summed E-state index contributed by atoms with van der Waals surface area (Å²) in [5.74, 6) is -0.00435. The van der Waals surface area contributed by atoms with Gasteiger partial charge < -0.3 is 14.5 Å². The molecule has 34 heavy (non-hydrogen) atoms. The smallest absolute Gasteiger partial charge is 0.411 e. The van der Waals surface area contributed by atoms with Gasteiger partial charge in [-0.2, -0.15) is 0 Å². The molecule has 1 aromatic rings. The zero-order chi connectivity index (χ0) is 25.0. The maximum atomic E-state index is 13.7. The summed E-state index contributed by atoms with van der Waals surface area (Å²) in [5, 5.41) is 1.05. The van der Waals surface area contributed by atoms with Gasteiger partial charge in [0.2, 0.25) is 5.91 Å². The number of ether oxygens (including phenoxy) is 1. The van der Waals surface area contributed by atoms with E-state index in [2.05, 4.69) is 23.6 Å². The van der Waals surface area contributed by atoms with Crippen LogP contribution in [-0.2, 0) is 9.53 Å². The Morgan fingerprint density at radius 3 is 2.21 bits per heavy atom. The van der Waals surface area contributed by atoms with Gasteiger partial charge in [-0.3, -0.25) is 14.6 Å². The quantitative estimate of drug-likeness (QED) is 0.569. The summed E-state index contributed by atoms with van der Waals surface area (Å²) in [6.07, 6.45) is 1.63. The van der Waals surface area contributed by atoms with Gasteiger partial charge in [-0.1, -0.05) is 37.0 Å². The molecule has 1 atom stereocenters. The van der Waals surface area contributed by atoms with Crippen molar-refractivity contribution in [1.29, 1.82) is 0 Å². The Balaban J connectivity index is 1.72. The lowest BCUT2D eigenvalue weighted by Gasteiger charge is -2.46. The van der Waals surface area contributed by atoms with E-state index in [1.165, 1.54) is 0 Å². The molecule has 1 aromatic carbocycles. The highest BCUT2D eigenvalue weighted by atomic mass is 35.5. The molecule has 0 unspecified atom stereocenters. The summed E-state index contributed by atoms with van der Waals surface area (Å²) in [7, 11) is 0. The third-order valence-corrected chi connectivity index (χ3v) is 7.38. The molecule has 0 aromatic heterocycles. The molecule has 7 nitrogen and oxygen atoms in total. The van der Waals surface area contributed by atoms with Crippen LogP contribution in [0.15, 0.2) is 18.2 Å². The van der Waals surface area contributed by atoms with E-state index >= 15 is 0 Å². The molecule has 2 saturated heterocycles. The van der Waals surface area contributed by atoms with Gasteiger partial charge in [-0.25, -0.2) is 4.79 Å². The highest BCUT2D eigenvalue weighted by molar-refractivity contribution is 6.42. The van der Waals surface area contributed by atoms with E-state index in [4.69, 9.17) is 27.9 Å². The number of hydrogen-bond donors (Lipinski definition) is 0. The molecular formula is C25H38Cl2N4O3. The molecule has 9 heteroatoms. The maximum Gasteiger partial charge on any atom is 0.411 e. The molecule has 2 heterocycles. The van der Waals surface area contributed by atoms with E-state index < -0.39 is 17.7 Å². The van der Waals surface area contributed by atoms with Gasteiger partial charge in [0.1, 0.15) is 11.6 Å². The molecule has 0 N–H and O–H groups in total. The third kappa shape index (κ3) is 6.49. The monoisotopic (exact) mass is 512 g/mol. The lowest BCUT2D eigenvalue weighted by Crippen LogP contribution is -2.64. The van der Waals surface area contributed by atoms with Crippen molar-refractivity contribution in [2.75, 3.05) is 50.7 Å². The van der Waals surface area contributed by atoms with Crippen LogP contribution >= 0.6 is 23.2 Å². The summed E-state index contributed by atoms with van der Waals surface area (Å²) in [6, 6.07) is 5.47. The van der Waals surface area contributed by atoms with Gasteiger partial charge in [-0.05, 0) is 51.8 Å². The molecule has 2 aliphatic rings. The van der Waals surface area contributed by atoms with E-state index in [1.54, 1.807) is 11.0 Å². The molecule has 3 rings (SSSR count). The van der Waals surface area contributed by atoms with Crippen LogP contribution in [0.4, 0.5) is 10.5 Å². The van der Waals surface area contributed by atoms with E-state index in [-0.39, 0.29) is 5.91 Å². The van der Waals surface area contributed by atoms with Gasteiger partial charge in [0, 0.05) is 57.5 Å². The van der Waals surface area contributed by atoms with Gasteiger partial charge in [0.25, 0.3) is 0 Å². The number of rotatable bonds is 5. The first-order valence-corrected chi connectivity index (χ1v) is 13.0. The van der Waals surface area contributed by atoms with Crippen LogP contribution in [0.1, 0.15) is 47.5 Å². The standard InChI is InChI=1S/C25H38Cl2N4O3/c1-6-18(7-2)30-14-15-31(24(33)34-25(3,4)5)22(17-30)23(32)29-12-10-28(11-13-29)19-8-9-20(26)21(27)16-19/h8-9,16,18,22H,6-7,10-15,17H2,1-5H3/t22-/m1/s1. The average molecular weight is 514 g/mol. The summed E-state index contributed by atoms with van der Waals surface area (Å²) < 4.78 is 5.66. The Morgan fingerprint density at radius 2 is 1.65 bits per heavy atom. The summed E-state index contributed by atoms with van der Waals surface area (Å²) >= 11 is 12.2. The number of amides is 2. The third-order valence-electron chi connectivity index (χ3n) is 6.64. The van der Waals surface area contributed by atoms with Crippen LogP contribution in [0.3, 0.4) is 0 Å². The lowest BCUT2D eigenvalue weighted by atomic mass is 10.0. The molecule has 190 valence electrons. The molecular weight excluding hydrogens is 475 g/mol. The summed E-state index contributed by atoms with van der Waals surface area (Å²) in [4.78, 5) is 34.8. The van der Waals surface area contributed by atoms with Crippen molar-refractivity contribution in [3.8, 4) is 0 Å². The van der Waals surface area contributed by atoms with Crippen LogP contribution < -0.4 is 4.90 Å². The number of piperazine rings is 2. The molecule has 2 amide bonds. The molecule has 0 saturated carbocycles. The zero-order valence-corrected chi connectivity index (χ0v) is 22.5. The van der Waals surface area contributed by atoms with E-state index in [0.717, 1.165) is 25.1 Å². The van der Waals surface area contributed by atoms with Crippen molar-refractivity contribution in [1.82, 2.24) is 14.7 Å².